The number of benzene rings is 1. The molecular weight excluding hydrogens is 384 g/mol. The van der Waals surface area contributed by atoms with Crippen molar-refractivity contribution in [2.24, 2.45) is 0 Å². The molecule has 0 saturated heterocycles. The van der Waals surface area contributed by atoms with Crippen molar-refractivity contribution in [2.75, 3.05) is 10.6 Å². The van der Waals surface area contributed by atoms with E-state index < -0.39 is 0 Å². The number of nitrogens with one attached hydrogen (secondary N) is 2. The largest absolute Gasteiger partial charge is 0.338 e. The fraction of sp³-hybridized carbons (Fsp3) is 0.353. The fourth-order valence-corrected chi connectivity index (χ4v) is 4.10. The minimum Gasteiger partial charge on any atom is -0.338 e. The van der Waals surface area contributed by atoms with E-state index in [9.17, 15) is 4.79 Å². The molecule has 1 amide bonds. The van der Waals surface area contributed by atoms with Crippen molar-refractivity contribution in [1.82, 2.24) is 20.3 Å². The van der Waals surface area contributed by atoms with Crippen molar-refractivity contribution in [3.63, 3.8) is 0 Å². The van der Waals surface area contributed by atoms with Gasteiger partial charge in [0.15, 0.2) is 10.2 Å². The van der Waals surface area contributed by atoms with Crippen LogP contribution in [0.1, 0.15) is 50.6 Å². The number of hydrogen-bond acceptors (Lipinski definition) is 9. The third kappa shape index (κ3) is 5.27. The minimum atomic E-state index is -0.114. The van der Waals surface area contributed by atoms with E-state index in [0.717, 1.165) is 15.7 Å². The Morgan fingerprint density at radius 3 is 2.70 bits per heavy atom. The van der Waals surface area contributed by atoms with Crippen molar-refractivity contribution >= 4 is 45.5 Å². The summed E-state index contributed by atoms with van der Waals surface area (Å²) in [5.74, 6) is 1.40. The SMILES string of the molecule is CC(=O)Nc1cccc(Nc2nnc(SC(C)c3nc(C(C)C)no3)s2)c1. The molecule has 3 aromatic rings. The van der Waals surface area contributed by atoms with Gasteiger partial charge >= 0.3 is 0 Å². The minimum absolute atomic E-state index is 0.0195. The van der Waals surface area contributed by atoms with Gasteiger partial charge in [-0.15, -0.1) is 10.2 Å². The number of aromatic nitrogens is 4. The van der Waals surface area contributed by atoms with Crippen molar-refractivity contribution < 1.29 is 9.32 Å². The molecule has 2 aromatic heterocycles. The molecule has 27 heavy (non-hydrogen) atoms. The lowest BCUT2D eigenvalue weighted by Crippen LogP contribution is -2.05. The fourth-order valence-electron chi connectivity index (χ4n) is 2.16. The van der Waals surface area contributed by atoms with E-state index in [1.807, 2.05) is 45.0 Å². The quantitative estimate of drug-likeness (QED) is 0.550. The number of carbonyl (C=O) groups is 1. The van der Waals surface area contributed by atoms with Crippen LogP contribution in [0.15, 0.2) is 33.1 Å². The molecule has 8 nitrogen and oxygen atoms in total. The average molecular weight is 405 g/mol. The van der Waals surface area contributed by atoms with E-state index in [1.165, 1.54) is 30.0 Å². The predicted octanol–water partition coefficient (Wildman–Crippen LogP) is 4.60. The van der Waals surface area contributed by atoms with E-state index in [1.54, 1.807) is 0 Å². The summed E-state index contributed by atoms with van der Waals surface area (Å²) in [6.07, 6.45) is 0. The van der Waals surface area contributed by atoms with Gasteiger partial charge in [-0.25, -0.2) is 0 Å². The first kappa shape index (κ1) is 19.3. The van der Waals surface area contributed by atoms with Crippen LogP contribution in [-0.2, 0) is 4.79 Å². The van der Waals surface area contributed by atoms with Gasteiger partial charge in [-0.2, -0.15) is 4.98 Å². The van der Waals surface area contributed by atoms with Crippen LogP contribution < -0.4 is 10.6 Å². The summed E-state index contributed by atoms with van der Waals surface area (Å²) in [7, 11) is 0. The summed E-state index contributed by atoms with van der Waals surface area (Å²) in [6, 6.07) is 7.41. The van der Waals surface area contributed by atoms with E-state index in [0.29, 0.717) is 16.8 Å². The molecule has 1 unspecified atom stereocenters. The Balaban J connectivity index is 1.63. The number of amides is 1. The third-order valence-electron chi connectivity index (χ3n) is 3.44. The molecule has 1 aromatic carbocycles. The highest BCUT2D eigenvalue weighted by Crippen LogP contribution is 2.37. The van der Waals surface area contributed by atoms with E-state index in [-0.39, 0.29) is 17.1 Å². The van der Waals surface area contributed by atoms with Crippen LogP contribution in [0.3, 0.4) is 0 Å². The maximum Gasteiger partial charge on any atom is 0.239 e. The Morgan fingerprint density at radius 1 is 1.22 bits per heavy atom. The normalized spacial score (nSPS) is 12.2. The Kier molecular flexibility index (Phi) is 6.07. The lowest BCUT2D eigenvalue weighted by molar-refractivity contribution is -0.114. The molecule has 0 bridgehead atoms. The van der Waals surface area contributed by atoms with Crippen LogP contribution >= 0.6 is 23.1 Å². The van der Waals surface area contributed by atoms with Gasteiger partial charge in [0, 0.05) is 24.2 Å². The first-order chi connectivity index (χ1) is 12.9. The third-order valence-corrected chi connectivity index (χ3v) is 5.45. The van der Waals surface area contributed by atoms with E-state index in [4.69, 9.17) is 4.52 Å². The van der Waals surface area contributed by atoms with Crippen molar-refractivity contribution in [3.05, 3.63) is 36.0 Å². The summed E-state index contributed by atoms with van der Waals surface area (Å²) in [5, 5.41) is 19.0. The van der Waals surface area contributed by atoms with Gasteiger partial charge in [0.1, 0.15) is 0 Å². The molecule has 2 N–H and O–H groups in total. The Morgan fingerprint density at radius 2 is 2.00 bits per heavy atom. The topological polar surface area (TPSA) is 106 Å². The first-order valence-electron chi connectivity index (χ1n) is 8.39. The maximum absolute atomic E-state index is 11.2. The van der Waals surface area contributed by atoms with Crippen LogP contribution in [0.5, 0.6) is 0 Å². The van der Waals surface area contributed by atoms with Gasteiger partial charge in [0.05, 0.1) is 5.25 Å². The molecule has 0 aliphatic heterocycles. The molecular formula is C17H20N6O2S2. The molecule has 0 radical (unpaired) electrons. The van der Waals surface area contributed by atoms with Gasteiger partial charge in [-0.05, 0) is 25.1 Å². The zero-order chi connectivity index (χ0) is 19.4. The lowest BCUT2D eigenvalue weighted by atomic mass is 10.2. The van der Waals surface area contributed by atoms with Crippen molar-refractivity contribution in [3.8, 4) is 0 Å². The molecule has 0 aliphatic rings. The number of rotatable bonds is 7. The molecule has 0 aliphatic carbocycles. The summed E-state index contributed by atoms with van der Waals surface area (Å²) in [4.78, 5) is 15.6. The zero-order valence-corrected chi connectivity index (χ0v) is 17.0. The first-order valence-corrected chi connectivity index (χ1v) is 10.1. The molecule has 0 fully saturated rings. The Labute approximate surface area is 165 Å². The number of hydrogen-bond donors (Lipinski definition) is 2. The highest BCUT2D eigenvalue weighted by atomic mass is 32.2. The van der Waals surface area contributed by atoms with Crippen LogP contribution in [0.25, 0.3) is 0 Å². The van der Waals surface area contributed by atoms with E-state index >= 15 is 0 Å². The highest BCUT2D eigenvalue weighted by molar-refractivity contribution is 8.01. The molecule has 142 valence electrons. The van der Waals surface area contributed by atoms with Gasteiger partial charge in [-0.3, -0.25) is 4.79 Å². The number of carbonyl (C=O) groups excluding carboxylic acids is 1. The lowest BCUT2D eigenvalue weighted by Gasteiger charge is -2.05. The smallest absolute Gasteiger partial charge is 0.239 e. The number of thioether (sulfide) groups is 1. The summed E-state index contributed by atoms with van der Waals surface area (Å²) >= 11 is 2.95. The monoisotopic (exact) mass is 404 g/mol. The Bertz CT molecular complexity index is 924. The summed E-state index contributed by atoms with van der Waals surface area (Å²) < 4.78 is 6.13. The summed E-state index contributed by atoms with van der Waals surface area (Å²) in [6.45, 7) is 7.52. The second kappa shape index (κ2) is 8.49. The molecule has 0 spiro atoms. The molecule has 1 atom stereocenters. The van der Waals surface area contributed by atoms with Gasteiger partial charge < -0.3 is 15.2 Å². The molecule has 10 heteroatoms. The number of nitrogens with zero attached hydrogens (tertiary/aromatic N) is 4. The van der Waals surface area contributed by atoms with Crippen LogP contribution in [-0.4, -0.2) is 26.2 Å². The van der Waals surface area contributed by atoms with Crippen molar-refractivity contribution in [2.45, 2.75) is 43.2 Å². The summed E-state index contributed by atoms with van der Waals surface area (Å²) in [5.41, 5.74) is 1.54. The molecule has 2 heterocycles. The van der Waals surface area contributed by atoms with Crippen LogP contribution in [0.2, 0.25) is 0 Å². The molecule has 3 rings (SSSR count). The zero-order valence-electron chi connectivity index (χ0n) is 15.4. The van der Waals surface area contributed by atoms with Crippen LogP contribution in [0, 0.1) is 0 Å². The average Bonchev–Trinajstić information content (AvgIpc) is 3.24. The highest BCUT2D eigenvalue weighted by Gasteiger charge is 2.19. The maximum atomic E-state index is 11.2. The second-order valence-electron chi connectivity index (χ2n) is 6.17. The predicted molar refractivity (Wildman–Crippen MR) is 107 cm³/mol. The molecule has 0 saturated carbocycles. The van der Waals surface area contributed by atoms with Crippen LogP contribution in [0.4, 0.5) is 16.5 Å². The van der Waals surface area contributed by atoms with Gasteiger partial charge in [0.25, 0.3) is 0 Å². The number of anilines is 3. The standard InChI is InChI=1S/C17H20N6O2S2/c1-9(2)14-20-15(25-23-14)10(3)26-17-22-21-16(27-17)19-13-7-5-6-12(8-13)18-11(4)24/h5-10H,1-4H3,(H,18,24)(H,19,21). The van der Waals surface area contributed by atoms with Gasteiger partial charge in [0.2, 0.25) is 16.9 Å². The van der Waals surface area contributed by atoms with Gasteiger partial charge in [-0.1, -0.05) is 48.2 Å². The van der Waals surface area contributed by atoms with E-state index in [2.05, 4.69) is 31.0 Å². The van der Waals surface area contributed by atoms with Crippen molar-refractivity contribution in [1.29, 1.82) is 0 Å². The second-order valence-corrected chi connectivity index (χ2v) is 8.73. The Hall–Kier alpha value is -2.46.